The Labute approximate surface area is 134 Å². The van der Waals surface area contributed by atoms with Crippen LogP contribution >= 0.6 is 11.3 Å². The molecule has 2 heterocycles. The van der Waals surface area contributed by atoms with Gasteiger partial charge >= 0.3 is 5.97 Å². The van der Waals surface area contributed by atoms with Crippen LogP contribution in [0, 0.1) is 0 Å². The van der Waals surface area contributed by atoms with Gasteiger partial charge in [0.15, 0.2) is 0 Å². The van der Waals surface area contributed by atoms with Crippen molar-refractivity contribution in [1.82, 2.24) is 20.4 Å². The van der Waals surface area contributed by atoms with Crippen molar-refractivity contribution in [2.45, 2.75) is 20.4 Å². The molecule has 10 heteroatoms. The maximum Gasteiger partial charge on any atom is 0.339 e. The van der Waals surface area contributed by atoms with E-state index in [1.807, 2.05) is 0 Å². The maximum absolute atomic E-state index is 12.4. The Bertz CT molecular complexity index is 825. The van der Waals surface area contributed by atoms with Gasteiger partial charge in [-0.25, -0.2) is 9.78 Å². The summed E-state index contributed by atoms with van der Waals surface area (Å²) in [5.74, 6) is -1.66. The summed E-state index contributed by atoms with van der Waals surface area (Å²) in [6, 6.07) is 0. The minimum atomic E-state index is -0.613. The zero-order chi connectivity index (χ0) is 17.0. The molecule has 0 fully saturated rings. The number of hydrogen-bond acceptors (Lipinski definition) is 7. The number of amides is 2. The highest BCUT2D eigenvalue weighted by Crippen LogP contribution is 2.21. The zero-order valence-electron chi connectivity index (χ0n) is 12.4. The number of carbonyl (C=O) groups excluding carboxylic acids is 3. The highest BCUT2D eigenvalue weighted by atomic mass is 32.1. The van der Waals surface area contributed by atoms with Crippen molar-refractivity contribution in [2.75, 3.05) is 6.61 Å². The number of carbonyl (C=O) groups is 3. The van der Waals surface area contributed by atoms with E-state index in [1.54, 1.807) is 6.92 Å². The third-order valence-electron chi connectivity index (χ3n) is 2.75. The summed E-state index contributed by atoms with van der Waals surface area (Å²) in [4.78, 5) is 51.2. The number of aromatic nitrogens is 2. The Hall–Kier alpha value is -2.75. The molecule has 0 aromatic carbocycles. The van der Waals surface area contributed by atoms with E-state index in [1.165, 1.54) is 18.6 Å². The van der Waals surface area contributed by atoms with Crippen molar-refractivity contribution in [2.24, 2.45) is 0 Å². The predicted molar refractivity (Wildman–Crippen MR) is 81.8 cm³/mol. The number of esters is 1. The number of nitrogens with one attached hydrogen (secondary N) is 2. The third kappa shape index (κ3) is 3.72. The number of fused-ring (bicyclic) bond motifs is 1. The number of hydrazine groups is 1. The van der Waals surface area contributed by atoms with Crippen LogP contribution in [0.25, 0.3) is 10.2 Å². The van der Waals surface area contributed by atoms with E-state index in [0.29, 0.717) is 4.83 Å². The molecule has 2 amide bonds. The Morgan fingerprint density at radius 3 is 2.74 bits per heavy atom. The lowest BCUT2D eigenvalue weighted by Gasteiger charge is -2.07. The molecule has 9 nitrogen and oxygen atoms in total. The second-order valence-electron chi connectivity index (χ2n) is 4.46. The molecule has 0 radical (unpaired) electrons. The molecule has 23 heavy (non-hydrogen) atoms. The SMILES string of the molecule is CCOC(=O)c1csc2ncn(CC(=O)NNC(C)=O)c(=O)c12. The van der Waals surface area contributed by atoms with Gasteiger partial charge in [-0.15, -0.1) is 11.3 Å². The summed E-state index contributed by atoms with van der Waals surface area (Å²) in [6.07, 6.45) is 1.21. The van der Waals surface area contributed by atoms with E-state index in [0.717, 1.165) is 15.9 Å². The summed E-state index contributed by atoms with van der Waals surface area (Å²) in [5, 5.41) is 1.61. The molecule has 2 N–H and O–H groups in total. The predicted octanol–water partition coefficient (Wildman–Crippen LogP) is -0.198. The number of nitrogens with zero attached hydrogens (tertiary/aromatic N) is 2. The normalized spacial score (nSPS) is 10.3. The topological polar surface area (TPSA) is 119 Å². The highest BCUT2D eigenvalue weighted by molar-refractivity contribution is 7.17. The van der Waals surface area contributed by atoms with Crippen LogP contribution in [-0.4, -0.2) is 33.9 Å². The van der Waals surface area contributed by atoms with Crippen LogP contribution in [0.2, 0.25) is 0 Å². The van der Waals surface area contributed by atoms with Gasteiger partial charge in [-0.1, -0.05) is 0 Å². The van der Waals surface area contributed by atoms with Gasteiger partial charge in [0.2, 0.25) is 5.91 Å². The fourth-order valence-electron chi connectivity index (χ4n) is 1.79. The van der Waals surface area contributed by atoms with Crippen LogP contribution in [0.1, 0.15) is 24.2 Å². The number of hydrogen-bond donors (Lipinski definition) is 2. The van der Waals surface area contributed by atoms with E-state index in [2.05, 4.69) is 15.8 Å². The van der Waals surface area contributed by atoms with Crippen LogP contribution in [0.5, 0.6) is 0 Å². The molecular weight excluding hydrogens is 324 g/mol. The van der Waals surface area contributed by atoms with E-state index in [-0.39, 0.29) is 24.1 Å². The fourth-order valence-corrected chi connectivity index (χ4v) is 2.66. The first-order chi connectivity index (χ1) is 10.9. The fraction of sp³-hybridized carbons (Fsp3) is 0.308. The van der Waals surface area contributed by atoms with Crippen LogP contribution in [0.3, 0.4) is 0 Å². The first kappa shape index (κ1) is 16.6. The molecule has 2 rings (SSSR count). The van der Waals surface area contributed by atoms with Crippen LogP contribution in [0.15, 0.2) is 16.5 Å². The van der Waals surface area contributed by atoms with Gasteiger partial charge in [-0.2, -0.15) is 0 Å². The average Bonchev–Trinajstić information content (AvgIpc) is 2.93. The Morgan fingerprint density at radius 2 is 2.09 bits per heavy atom. The van der Waals surface area contributed by atoms with Crippen molar-refractivity contribution in [3.63, 3.8) is 0 Å². The standard InChI is InChI=1S/C13H14N4O5S/c1-3-22-13(21)8-5-23-11-10(8)12(20)17(6-14-11)4-9(19)16-15-7(2)18/h5-6H,3-4H2,1-2H3,(H,15,18)(H,16,19). The summed E-state index contributed by atoms with van der Waals surface area (Å²) in [7, 11) is 0. The molecule has 0 aliphatic heterocycles. The third-order valence-corrected chi connectivity index (χ3v) is 3.63. The van der Waals surface area contributed by atoms with E-state index in [4.69, 9.17) is 4.74 Å². The molecule has 2 aromatic heterocycles. The van der Waals surface area contributed by atoms with Gasteiger partial charge in [0, 0.05) is 12.3 Å². The largest absolute Gasteiger partial charge is 0.462 e. The van der Waals surface area contributed by atoms with Crippen LogP contribution in [-0.2, 0) is 20.9 Å². The van der Waals surface area contributed by atoms with Crippen molar-refractivity contribution < 1.29 is 19.1 Å². The molecule has 0 saturated heterocycles. The average molecular weight is 338 g/mol. The number of thiophene rings is 1. The lowest BCUT2D eigenvalue weighted by atomic mass is 10.2. The summed E-state index contributed by atoms with van der Waals surface area (Å²) >= 11 is 1.14. The van der Waals surface area contributed by atoms with Gasteiger partial charge < -0.3 is 4.74 Å². The zero-order valence-corrected chi connectivity index (χ0v) is 13.2. The highest BCUT2D eigenvalue weighted by Gasteiger charge is 2.19. The quantitative estimate of drug-likeness (QED) is 0.589. The lowest BCUT2D eigenvalue weighted by molar-refractivity contribution is -0.128. The lowest BCUT2D eigenvalue weighted by Crippen LogP contribution is -2.43. The van der Waals surface area contributed by atoms with Crippen molar-refractivity contribution >= 4 is 39.3 Å². The first-order valence-corrected chi connectivity index (χ1v) is 7.51. The van der Waals surface area contributed by atoms with Crippen molar-refractivity contribution in [3.8, 4) is 0 Å². The first-order valence-electron chi connectivity index (χ1n) is 6.63. The van der Waals surface area contributed by atoms with E-state index >= 15 is 0 Å². The summed E-state index contributed by atoms with van der Waals surface area (Å²) < 4.78 is 5.95. The molecule has 0 saturated carbocycles. The number of ether oxygens (including phenoxy) is 1. The second-order valence-corrected chi connectivity index (χ2v) is 5.32. The molecule has 2 aromatic rings. The molecule has 0 aliphatic rings. The molecule has 0 bridgehead atoms. The molecular formula is C13H14N4O5S. The molecule has 122 valence electrons. The van der Waals surface area contributed by atoms with Gasteiger partial charge in [0.05, 0.1) is 23.9 Å². The molecule has 0 aliphatic carbocycles. The Kier molecular flexibility index (Phi) is 5.06. The molecule has 0 spiro atoms. The summed E-state index contributed by atoms with van der Waals surface area (Å²) in [5.41, 5.74) is 3.86. The number of rotatable bonds is 4. The van der Waals surface area contributed by atoms with Crippen molar-refractivity contribution in [1.29, 1.82) is 0 Å². The van der Waals surface area contributed by atoms with Gasteiger partial charge in [-0.05, 0) is 6.92 Å². The maximum atomic E-state index is 12.4. The van der Waals surface area contributed by atoms with Gasteiger partial charge in [0.25, 0.3) is 11.5 Å². The van der Waals surface area contributed by atoms with E-state index < -0.39 is 23.3 Å². The van der Waals surface area contributed by atoms with E-state index in [9.17, 15) is 19.2 Å². The summed E-state index contributed by atoms with van der Waals surface area (Å²) in [6.45, 7) is 2.73. The van der Waals surface area contributed by atoms with Crippen molar-refractivity contribution in [3.05, 3.63) is 27.6 Å². The second kappa shape index (κ2) is 7.01. The molecule has 0 unspecified atom stereocenters. The Balaban J connectivity index is 2.32. The minimum absolute atomic E-state index is 0.114. The monoisotopic (exact) mass is 338 g/mol. The molecule has 0 atom stereocenters. The Morgan fingerprint density at radius 1 is 1.35 bits per heavy atom. The smallest absolute Gasteiger partial charge is 0.339 e. The van der Waals surface area contributed by atoms with Gasteiger partial charge in [-0.3, -0.25) is 29.8 Å². The minimum Gasteiger partial charge on any atom is -0.462 e. The van der Waals surface area contributed by atoms with Crippen LogP contribution in [0.4, 0.5) is 0 Å². The van der Waals surface area contributed by atoms with Crippen LogP contribution < -0.4 is 16.4 Å². The van der Waals surface area contributed by atoms with Gasteiger partial charge in [0.1, 0.15) is 11.4 Å².